The van der Waals surface area contributed by atoms with Crippen molar-refractivity contribution in [1.29, 1.82) is 0 Å². The topological polar surface area (TPSA) is 90.5 Å². The third-order valence-electron chi connectivity index (χ3n) is 6.11. The minimum Gasteiger partial charge on any atom is -0.381 e. The number of nitrogens with one attached hydrogen (secondary N) is 3. The number of aliphatic hydroxyl groups is 1. The lowest BCUT2D eigenvalue weighted by molar-refractivity contribution is -0.133. The van der Waals surface area contributed by atoms with Crippen LogP contribution in [-0.4, -0.2) is 47.7 Å². The summed E-state index contributed by atoms with van der Waals surface area (Å²) in [6, 6.07) is -0.508. The van der Waals surface area contributed by atoms with Gasteiger partial charge in [-0.3, -0.25) is 9.59 Å². The van der Waals surface area contributed by atoms with E-state index in [-0.39, 0.29) is 29.3 Å². The summed E-state index contributed by atoms with van der Waals surface area (Å²) in [7, 11) is 0. The number of hydrogen-bond acceptors (Lipinski definition) is 4. The van der Waals surface area contributed by atoms with Gasteiger partial charge in [-0.15, -0.1) is 0 Å². The molecule has 2 saturated carbocycles. The van der Waals surface area contributed by atoms with Gasteiger partial charge < -0.3 is 21.1 Å². The van der Waals surface area contributed by atoms with Crippen LogP contribution in [0.15, 0.2) is 0 Å². The molecule has 3 fully saturated rings. The van der Waals surface area contributed by atoms with E-state index in [1.807, 2.05) is 0 Å². The predicted octanol–water partition coefficient (Wildman–Crippen LogP) is 0.545. The van der Waals surface area contributed by atoms with Crippen LogP contribution in [0.3, 0.4) is 0 Å². The van der Waals surface area contributed by atoms with Crippen molar-refractivity contribution in [2.75, 3.05) is 6.54 Å². The molecule has 0 aromatic carbocycles. The molecule has 4 N–H and O–H groups in total. The second kappa shape index (κ2) is 6.64. The van der Waals surface area contributed by atoms with E-state index in [0.29, 0.717) is 18.3 Å². The number of carbonyl (C=O) groups is 2. The average molecular weight is 337 g/mol. The van der Waals surface area contributed by atoms with Crippen molar-refractivity contribution in [3.63, 3.8) is 0 Å². The van der Waals surface area contributed by atoms with Crippen LogP contribution in [0.5, 0.6) is 0 Å². The molecule has 6 nitrogen and oxygen atoms in total. The number of amides is 2. The molecule has 3 rings (SSSR count). The maximum Gasteiger partial charge on any atom is 0.251 e. The summed E-state index contributed by atoms with van der Waals surface area (Å²) in [6.07, 6.45) is 3.23. The van der Waals surface area contributed by atoms with Crippen LogP contribution in [0.2, 0.25) is 0 Å². The standard InChI is InChI=1S/C18H31N3O3/c1-4-5-6-12(15(22)17(24)20-10-7-8-10)21-16(23)14-13-11(9-19-14)18(13,2)3/h10-15,19,22H,4-9H2,1-3H3,(H,20,24)(H,21,23)/t11-,12-,13-,14-,15-/m0/s1. The van der Waals surface area contributed by atoms with Crippen LogP contribution in [0, 0.1) is 17.3 Å². The highest BCUT2D eigenvalue weighted by Crippen LogP contribution is 2.62. The van der Waals surface area contributed by atoms with E-state index in [1.54, 1.807) is 0 Å². The number of hydrogen-bond donors (Lipinski definition) is 4. The number of rotatable bonds is 8. The lowest BCUT2D eigenvalue weighted by atomic mass is 9.99. The highest BCUT2D eigenvalue weighted by atomic mass is 16.3. The number of fused-ring (bicyclic) bond motifs is 1. The number of aliphatic hydroxyl groups excluding tert-OH is 1. The second-order valence-corrected chi connectivity index (χ2v) is 8.32. The van der Waals surface area contributed by atoms with E-state index in [0.717, 1.165) is 32.2 Å². The van der Waals surface area contributed by atoms with Gasteiger partial charge in [-0.2, -0.15) is 0 Å². The average Bonchev–Trinajstić information content (AvgIpc) is 3.37. The Bertz CT molecular complexity index is 504. The van der Waals surface area contributed by atoms with Crippen LogP contribution in [0.4, 0.5) is 0 Å². The smallest absolute Gasteiger partial charge is 0.251 e. The molecule has 24 heavy (non-hydrogen) atoms. The maximum absolute atomic E-state index is 12.7. The molecule has 0 aromatic heterocycles. The van der Waals surface area contributed by atoms with Gasteiger partial charge in [0.15, 0.2) is 6.10 Å². The monoisotopic (exact) mass is 337 g/mol. The van der Waals surface area contributed by atoms with Crippen molar-refractivity contribution >= 4 is 11.8 Å². The molecule has 0 bridgehead atoms. The molecule has 2 amide bonds. The Balaban J connectivity index is 1.58. The molecule has 3 aliphatic rings. The highest BCUT2D eigenvalue weighted by molar-refractivity contribution is 5.86. The first-order chi connectivity index (χ1) is 11.4. The minimum absolute atomic E-state index is 0.0764. The maximum atomic E-state index is 12.7. The van der Waals surface area contributed by atoms with E-state index >= 15 is 0 Å². The predicted molar refractivity (Wildman–Crippen MR) is 91.2 cm³/mol. The lowest BCUT2D eigenvalue weighted by Crippen LogP contribution is -2.55. The van der Waals surface area contributed by atoms with E-state index in [4.69, 9.17) is 0 Å². The van der Waals surface area contributed by atoms with E-state index in [9.17, 15) is 14.7 Å². The van der Waals surface area contributed by atoms with E-state index in [2.05, 4.69) is 36.7 Å². The first kappa shape index (κ1) is 17.7. The largest absolute Gasteiger partial charge is 0.381 e. The third kappa shape index (κ3) is 3.45. The Hall–Kier alpha value is -1.14. The first-order valence-electron chi connectivity index (χ1n) is 9.38. The van der Waals surface area contributed by atoms with Crippen LogP contribution < -0.4 is 16.0 Å². The minimum atomic E-state index is -1.18. The van der Waals surface area contributed by atoms with Crippen molar-refractivity contribution in [2.24, 2.45) is 17.3 Å². The van der Waals surface area contributed by atoms with Gasteiger partial charge in [0.05, 0.1) is 12.1 Å². The van der Waals surface area contributed by atoms with Gasteiger partial charge in [-0.25, -0.2) is 0 Å². The Morgan fingerprint density at radius 3 is 2.58 bits per heavy atom. The molecule has 0 unspecified atom stereocenters. The lowest BCUT2D eigenvalue weighted by Gasteiger charge is -2.26. The van der Waals surface area contributed by atoms with Gasteiger partial charge in [0.2, 0.25) is 5.91 Å². The van der Waals surface area contributed by atoms with Crippen LogP contribution in [0.1, 0.15) is 52.9 Å². The van der Waals surface area contributed by atoms with Gasteiger partial charge in [0.25, 0.3) is 5.91 Å². The zero-order valence-electron chi connectivity index (χ0n) is 15.0. The fraction of sp³-hybridized carbons (Fsp3) is 0.889. The van der Waals surface area contributed by atoms with Gasteiger partial charge in [0, 0.05) is 6.04 Å². The summed E-state index contributed by atoms with van der Waals surface area (Å²) in [4.78, 5) is 24.8. The quantitative estimate of drug-likeness (QED) is 0.520. The van der Waals surface area contributed by atoms with Gasteiger partial charge in [-0.05, 0) is 43.1 Å². The van der Waals surface area contributed by atoms with Crippen LogP contribution in [-0.2, 0) is 9.59 Å². The number of carbonyl (C=O) groups excluding carboxylic acids is 2. The number of piperidine rings is 1. The van der Waals surface area contributed by atoms with Crippen molar-refractivity contribution < 1.29 is 14.7 Å². The molecule has 5 atom stereocenters. The molecular weight excluding hydrogens is 306 g/mol. The Morgan fingerprint density at radius 2 is 2.04 bits per heavy atom. The van der Waals surface area contributed by atoms with Gasteiger partial charge >= 0.3 is 0 Å². The summed E-state index contributed by atoms with van der Waals surface area (Å²) in [6.45, 7) is 7.34. The summed E-state index contributed by atoms with van der Waals surface area (Å²) in [5, 5.41) is 19.5. The van der Waals surface area contributed by atoms with Crippen molar-refractivity contribution in [3.05, 3.63) is 0 Å². The Kier molecular flexibility index (Phi) is 4.89. The normalized spacial score (nSPS) is 32.6. The zero-order chi connectivity index (χ0) is 17.5. The first-order valence-corrected chi connectivity index (χ1v) is 9.38. The number of unbranched alkanes of at least 4 members (excludes halogenated alkanes) is 1. The van der Waals surface area contributed by atoms with E-state index in [1.165, 1.54) is 0 Å². The molecule has 0 aromatic rings. The second-order valence-electron chi connectivity index (χ2n) is 8.32. The summed E-state index contributed by atoms with van der Waals surface area (Å²) >= 11 is 0. The summed E-state index contributed by atoms with van der Waals surface area (Å²) < 4.78 is 0. The molecule has 6 heteroatoms. The Morgan fingerprint density at radius 1 is 1.33 bits per heavy atom. The van der Waals surface area contributed by atoms with E-state index < -0.39 is 12.1 Å². The molecule has 136 valence electrons. The van der Waals surface area contributed by atoms with Crippen molar-refractivity contribution in [2.45, 2.75) is 77.1 Å². The van der Waals surface area contributed by atoms with Gasteiger partial charge in [0.1, 0.15) is 0 Å². The Labute approximate surface area is 144 Å². The fourth-order valence-electron chi connectivity index (χ4n) is 4.18. The SMILES string of the molecule is CCCC[C@H](NC(=O)[C@H]1NC[C@H]2[C@@H]1C2(C)C)[C@H](O)C(=O)NC1CC1. The fourth-order valence-corrected chi connectivity index (χ4v) is 4.18. The highest BCUT2D eigenvalue weighted by Gasteiger charge is 2.65. The van der Waals surface area contributed by atoms with Crippen molar-refractivity contribution in [3.8, 4) is 0 Å². The molecule has 1 saturated heterocycles. The van der Waals surface area contributed by atoms with Crippen LogP contribution >= 0.6 is 0 Å². The molecular formula is C18H31N3O3. The third-order valence-corrected chi connectivity index (χ3v) is 6.11. The zero-order valence-corrected chi connectivity index (χ0v) is 15.0. The molecule has 1 aliphatic heterocycles. The molecule has 0 spiro atoms. The van der Waals surface area contributed by atoms with Crippen molar-refractivity contribution in [1.82, 2.24) is 16.0 Å². The van der Waals surface area contributed by atoms with Gasteiger partial charge in [-0.1, -0.05) is 33.6 Å². The molecule has 1 heterocycles. The van der Waals surface area contributed by atoms with Crippen LogP contribution in [0.25, 0.3) is 0 Å². The molecule has 2 aliphatic carbocycles. The summed E-state index contributed by atoms with van der Waals surface area (Å²) in [5.41, 5.74) is 0.216. The molecule has 0 radical (unpaired) electrons. The summed E-state index contributed by atoms with van der Waals surface area (Å²) in [5.74, 6) is 0.488.